The molecule has 0 bridgehead atoms. The van der Waals surface area contributed by atoms with Gasteiger partial charge in [-0.1, -0.05) is 12.2 Å². The van der Waals surface area contributed by atoms with Gasteiger partial charge in [-0.25, -0.2) is 15.0 Å². The Morgan fingerprint density at radius 3 is 3.00 bits per heavy atom. The molecule has 0 radical (unpaired) electrons. The molecule has 2 aromatic rings. The number of anilines is 1. The van der Waals surface area contributed by atoms with E-state index in [9.17, 15) is 0 Å². The first kappa shape index (κ1) is 9.78. The lowest BCUT2D eigenvalue weighted by Gasteiger charge is -2.10. The summed E-state index contributed by atoms with van der Waals surface area (Å²) in [4.78, 5) is 12.3. The van der Waals surface area contributed by atoms with Crippen LogP contribution in [0.3, 0.4) is 0 Å². The number of nitrogens with zero attached hydrogens (tertiary/aromatic N) is 5. The molecular weight excluding hydrogens is 216 g/mol. The van der Waals surface area contributed by atoms with Gasteiger partial charge < -0.3 is 10.3 Å². The maximum atomic E-state index is 8.87. The van der Waals surface area contributed by atoms with Crippen LogP contribution >= 0.6 is 0 Å². The summed E-state index contributed by atoms with van der Waals surface area (Å²) in [5, 5.41) is 8.87. The highest BCUT2D eigenvalue weighted by Gasteiger charge is 2.22. The average Bonchev–Trinajstić information content (AvgIpc) is 2.94. The van der Waals surface area contributed by atoms with Crippen molar-refractivity contribution in [2.45, 2.75) is 12.5 Å². The predicted octanol–water partition coefficient (Wildman–Crippen LogP) is 1.05. The molecule has 0 saturated heterocycles. The van der Waals surface area contributed by atoms with Gasteiger partial charge in [0.2, 0.25) is 0 Å². The molecule has 1 aliphatic carbocycles. The van der Waals surface area contributed by atoms with E-state index in [4.69, 9.17) is 11.0 Å². The highest BCUT2D eigenvalue weighted by atomic mass is 15.1. The van der Waals surface area contributed by atoms with Gasteiger partial charge in [0.15, 0.2) is 11.5 Å². The van der Waals surface area contributed by atoms with E-state index in [0.717, 1.165) is 6.42 Å². The van der Waals surface area contributed by atoms with Gasteiger partial charge >= 0.3 is 0 Å². The SMILES string of the molecule is N#CC1C=CC(n2cnc3c(N)ncnc32)C1. The number of imidazole rings is 1. The quantitative estimate of drug-likeness (QED) is 0.733. The molecule has 84 valence electrons. The molecule has 6 heteroatoms. The first-order chi connectivity index (χ1) is 8.29. The van der Waals surface area contributed by atoms with Crippen LogP contribution in [0.4, 0.5) is 5.82 Å². The van der Waals surface area contributed by atoms with Crippen molar-refractivity contribution in [1.29, 1.82) is 5.26 Å². The summed E-state index contributed by atoms with van der Waals surface area (Å²) in [6, 6.07) is 2.36. The van der Waals surface area contributed by atoms with Crippen molar-refractivity contribution in [2.24, 2.45) is 5.92 Å². The minimum Gasteiger partial charge on any atom is -0.382 e. The van der Waals surface area contributed by atoms with Crippen LogP contribution in [-0.4, -0.2) is 19.5 Å². The molecule has 0 amide bonds. The zero-order valence-electron chi connectivity index (χ0n) is 8.98. The van der Waals surface area contributed by atoms with E-state index >= 15 is 0 Å². The molecule has 6 nitrogen and oxygen atoms in total. The van der Waals surface area contributed by atoms with Crippen LogP contribution in [0.2, 0.25) is 0 Å². The number of rotatable bonds is 1. The smallest absolute Gasteiger partial charge is 0.165 e. The minimum absolute atomic E-state index is 0.0309. The zero-order chi connectivity index (χ0) is 11.8. The minimum atomic E-state index is -0.0309. The third-order valence-electron chi connectivity index (χ3n) is 2.97. The lowest BCUT2D eigenvalue weighted by atomic mass is 10.1. The predicted molar refractivity (Wildman–Crippen MR) is 61.6 cm³/mol. The van der Waals surface area contributed by atoms with Crippen molar-refractivity contribution in [3.05, 3.63) is 24.8 Å². The zero-order valence-corrected chi connectivity index (χ0v) is 8.98. The van der Waals surface area contributed by atoms with Crippen molar-refractivity contribution in [1.82, 2.24) is 19.5 Å². The number of nitrogen functional groups attached to an aromatic ring is 1. The molecule has 0 fully saturated rings. The Labute approximate surface area is 97.4 Å². The van der Waals surface area contributed by atoms with Crippen LogP contribution in [-0.2, 0) is 0 Å². The van der Waals surface area contributed by atoms with Gasteiger partial charge in [-0.15, -0.1) is 0 Å². The van der Waals surface area contributed by atoms with E-state index in [2.05, 4.69) is 21.0 Å². The highest BCUT2D eigenvalue weighted by molar-refractivity contribution is 5.81. The molecule has 2 N–H and O–H groups in total. The second-order valence-corrected chi connectivity index (χ2v) is 4.01. The van der Waals surface area contributed by atoms with Gasteiger partial charge in [0.25, 0.3) is 0 Å². The number of aromatic nitrogens is 4. The molecule has 0 saturated carbocycles. The van der Waals surface area contributed by atoms with Crippen LogP contribution in [0.25, 0.3) is 11.2 Å². The largest absolute Gasteiger partial charge is 0.382 e. The van der Waals surface area contributed by atoms with Crippen molar-refractivity contribution >= 4 is 17.0 Å². The Morgan fingerprint density at radius 1 is 1.35 bits per heavy atom. The van der Waals surface area contributed by atoms with E-state index < -0.39 is 0 Å². The summed E-state index contributed by atoms with van der Waals surface area (Å²) >= 11 is 0. The van der Waals surface area contributed by atoms with Crippen molar-refractivity contribution < 1.29 is 0 Å². The maximum Gasteiger partial charge on any atom is 0.165 e. The fourth-order valence-electron chi connectivity index (χ4n) is 2.09. The van der Waals surface area contributed by atoms with Gasteiger partial charge in [0.1, 0.15) is 11.8 Å². The van der Waals surface area contributed by atoms with Gasteiger partial charge in [0, 0.05) is 0 Å². The van der Waals surface area contributed by atoms with Crippen molar-refractivity contribution in [3.8, 4) is 6.07 Å². The Balaban J connectivity index is 2.06. The third kappa shape index (κ3) is 1.44. The molecule has 2 heterocycles. The summed E-state index contributed by atoms with van der Waals surface area (Å²) in [6.45, 7) is 0. The number of fused-ring (bicyclic) bond motifs is 1. The highest BCUT2D eigenvalue weighted by Crippen LogP contribution is 2.29. The van der Waals surface area contributed by atoms with E-state index in [-0.39, 0.29) is 12.0 Å². The van der Waals surface area contributed by atoms with Gasteiger partial charge in [-0.2, -0.15) is 5.26 Å². The fourth-order valence-corrected chi connectivity index (χ4v) is 2.09. The standard InChI is InChI=1S/C11H10N6/c12-4-7-1-2-8(3-7)17-6-16-9-10(13)14-5-15-11(9)17/h1-2,5-8H,3H2,(H2,13,14,15). The lowest BCUT2D eigenvalue weighted by molar-refractivity contribution is 0.564. The monoisotopic (exact) mass is 226 g/mol. The molecule has 17 heavy (non-hydrogen) atoms. The number of hydrogen-bond donors (Lipinski definition) is 1. The Hall–Kier alpha value is -2.42. The number of allylic oxidation sites excluding steroid dienone is 2. The van der Waals surface area contributed by atoms with E-state index in [1.807, 2.05) is 16.7 Å². The van der Waals surface area contributed by atoms with Crippen molar-refractivity contribution in [2.75, 3.05) is 5.73 Å². The maximum absolute atomic E-state index is 8.87. The summed E-state index contributed by atoms with van der Waals surface area (Å²) in [5.74, 6) is 0.351. The van der Waals surface area contributed by atoms with Crippen LogP contribution in [0, 0.1) is 17.2 Å². The molecule has 2 aromatic heterocycles. The average molecular weight is 226 g/mol. The van der Waals surface area contributed by atoms with Crippen LogP contribution in [0.1, 0.15) is 12.5 Å². The molecule has 3 rings (SSSR count). The first-order valence-electron chi connectivity index (χ1n) is 5.30. The molecule has 0 spiro atoms. The third-order valence-corrected chi connectivity index (χ3v) is 2.97. The summed E-state index contributed by atoms with van der Waals surface area (Å²) in [6.07, 6.45) is 7.81. The molecule has 1 aliphatic rings. The summed E-state index contributed by atoms with van der Waals surface area (Å²) in [7, 11) is 0. The van der Waals surface area contributed by atoms with E-state index in [1.54, 1.807) is 6.33 Å². The molecule has 0 aliphatic heterocycles. The van der Waals surface area contributed by atoms with Gasteiger partial charge in [-0.05, 0) is 6.42 Å². The van der Waals surface area contributed by atoms with Gasteiger partial charge in [-0.3, -0.25) is 0 Å². The Kier molecular flexibility index (Phi) is 2.05. The van der Waals surface area contributed by atoms with Crippen LogP contribution in [0.15, 0.2) is 24.8 Å². The first-order valence-corrected chi connectivity index (χ1v) is 5.30. The summed E-state index contributed by atoms with van der Waals surface area (Å²) < 4.78 is 1.93. The molecule has 2 atom stereocenters. The Bertz CT molecular complexity index is 635. The van der Waals surface area contributed by atoms with Crippen LogP contribution in [0.5, 0.6) is 0 Å². The molecule has 2 unspecified atom stereocenters. The second kappa shape index (κ2) is 3.56. The summed E-state index contributed by atoms with van der Waals surface area (Å²) in [5.41, 5.74) is 7.05. The number of nitriles is 1. The Morgan fingerprint density at radius 2 is 2.24 bits per heavy atom. The van der Waals surface area contributed by atoms with Crippen molar-refractivity contribution in [3.63, 3.8) is 0 Å². The van der Waals surface area contributed by atoms with Crippen LogP contribution < -0.4 is 5.73 Å². The second-order valence-electron chi connectivity index (χ2n) is 4.01. The molecular formula is C11H10N6. The normalized spacial score (nSPS) is 23.0. The van der Waals surface area contributed by atoms with E-state index in [1.165, 1.54) is 6.33 Å². The lowest BCUT2D eigenvalue weighted by Crippen LogP contribution is -2.05. The van der Waals surface area contributed by atoms with Gasteiger partial charge in [0.05, 0.1) is 24.4 Å². The van der Waals surface area contributed by atoms with E-state index in [0.29, 0.717) is 17.0 Å². The molecule has 0 aromatic carbocycles. The number of nitrogens with two attached hydrogens (primary N) is 1. The topological polar surface area (TPSA) is 93.4 Å². The number of hydrogen-bond acceptors (Lipinski definition) is 5. The fraction of sp³-hybridized carbons (Fsp3) is 0.273.